The fourth-order valence-corrected chi connectivity index (χ4v) is 1.52. The number of hydrogen-bond acceptors (Lipinski definition) is 7. The predicted octanol–water partition coefficient (Wildman–Crippen LogP) is 2.00. The smallest absolute Gasteiger partial charge is 0.360 e. The zero-order chi connectivity index (χ0) is 14.8. The number of methoxy groups -OCH3 is 1. The number of oxazole rings is 1. The van der Waals surface area contributed by atoms with Gasteiger partial charge in [-0.3, -0.25) is 4.79 Å². The lowest BCUT2D eigenvalue weighted by atomic mass is 10.2. The molecule has 20 heavy (non-hydrogen) atoms. The molecule has 0 unspecified atom stereocenters. The highest BCUT2D eigenvalue weighted by Gasteiger charge is 2.12. The minimum Gasteiger partial charge on any atom is -0.469 e. The molecule has 112 valence electrons. The van der Waals surface area contributed by atoms with Crippen LogP contribution in [0.15, 0.2) is 10.7 Å². The normalized spacial score (nSPS) is 10.1. The number of carbonyl (C=O) groups is 2. The van der Waals surface area contributed by atoms with Crippen LogP contribution in [0.25, 0.3) is 0 Å². The fourth-order valence-electron chi connectivity index (χ4n) is 1.52. The van der Waals surface area contributed by atoms with Crippen LogP contribution < -0.4 is 5.32 Å². The largest absolute Gasteiger partial charge is 0.469 e. The molecule has 1 heterocycles. The molecule has 0 saturated carbocycles. The number of ether oxygens (including phenoxy) is 2. The summed E-state index contributed by atoms with van der Waals surface area (Å²) in [4.78, 5) is 26.2. The number of aromatic nitrogens is 1. The van der Waals surface area contributed by atoms with Crippen LogP contribution in [0, 0.1) is 0 Å². The van der Waals surface area contributed by atoms with Crippen LogP contribution in [0.1, 0.15) is 43.1 Å². The molecule has 7 nitrogen and oxygen atoms in total. The first-order valence-electron chi connectivity index (χ1n) is 6.60. The number of hydrogen-bond donors (Lipinski definition) is 1. The van der Waals surface area contributed by atoms with Gasteiger partial charge in [0.05, 0.1) is 13.7 Å². The summed E-state index contributed by atoms with van der Waals surface area (Å²) in [5, 5.41) is 2.96. The van der Waals surface area contributed by atoms with Gasteiger partial charge in [-0.25, -0.2) is 4.79 Å². The first kappa shape index (κ1) is 16.0. The van der Waals surface area contributed by atoms with E-state index < -0.39 is 5.97 Å². The third kappa shape index (κ3) is 5.73. The standard InChI is InChI=1S/C13H20N2O5/c1-3-19-12(17)10-9-20-13(15-10)14-8-6-4-5-7-11(16)18-2/h9H,3-8H2,1-2H3,(H,14,15). The van der Waals surface area contributed by atoms with Crippen molar-refractivity contribution >= 4 is 18.0 Å². The minimum absolute atomic E-state index is 0.153. The maximum absolute atomic E-state index is 11.3. The summed E-state index contributed by atoms with van der Waals surface area (Å²) >= 11 is 0. The molecule has 1 aromatic rings. The molecule has 0 aliphatic carbocycles. The molecule has 0 aliphatic heterocycles. The molecule has 0 aromatic carbocycles. The summed E-state index contributed by atoms with van der Waals surface area (Å²) in [7, 11) is 1.38. The predicted molar refractivity (Wildman–Crippen MR) is 71.4 cm³/mol. The molecular formula is C13H20N2O5. The van der Waals surface area contributed by atoms with E-state index in [1.165, 1.54) is 13.4 Å². The highest BCUT2D eigenvalue weighted by atomic mass is 16.5. The van der Waals surface area contributed by atoms with Crippen molar-refractivity contribution in [3.05, 3.63) is 12.0 Å². The number of anilines is 1. The number of unbranched alkanes of at least 4 members (excludes halogenated alkanes) is 2. The van der Waals surface area contributed by atoms with E-state index >= 15 is 0 Å². The van der Waals surface area contributed by atoms with E-state index in [1.54, 1.807) is 6.92 Å². The summed E-state index contributed by atoms with van der Waals surface area (Å²) in [6.07, 6.45) is 4.25. The van der Waals surface area contributed by atoms with Crippen molar-refractivity contribution in [2.75, 3.05) is 25.6 Å². The molecule has 1 aromatic heterocycles. The van der Waals surface area contributed by atoms with Crippen molar-refractivity contribution in [3.8, 4) is 0 Å². The molecule has 0 radical (unpaired) electrons. The Morgan fingerprint density at radius 3 is 2.85 bits per heavy atom. The molecular weight excluding hydrogens is 264 g/mol. The maximum atomic E-state index is 11.3. The lowest BCUT2D eigenvalue weighted by Crippen LogP contribution is -2.06. The summed E-state index contributed by atoms with van der Waals surface area (Å²) in [5.74, 6) is -0.688. The van der Waals surface area contributed by atoms with Crippen molar-refractivity contribution in [2.24, 2.45) is 0 Å². The third-order valence-electron chi connectivity index (χ3n) is 2.55. The van der Waals surface area contributed by atoms with Gasteiger partial charge in [0.2, 0.25) is 0 Å². The van der Waals surface area contributed by atoms with E-state index in [1.807, 2.05) is 0 Å². The van der Waals surface area contributed by atoms with Crippen molar-refractivity contribution in [1.82, 2.24) is 4.98 Å². The number of nitrogens with zero attached hydrogens (tertiary/aromatic N) is 1. The van der Waals surface area contributed by atoms with E-state index in [4.69, 9.17) is 9.15 Å². The topological polar surface area (TPSA) is 90.7 Å². The second kappa shape index (κ2) is 8.95. The van der Waals surface area contributed by atoms with Crippen molar-refractivity contribution in [2.45, 2.75) is 32.6 Å². The molecule has 0 bridgehead atoms. The minimum atomic E-state index is -0.498. The van der Waals surface area contributed by atoms with Gasteiger partial charge < -0.3 is 19.2 Å². The van der Waals surface area contributed by atoms with Gasteiger partial charge in [-0.15, -0.1) is 0 Å². The molecule has 0 aliphatic rings. The van der Waals surface area contributed by atoms with E-state index in [0.29, 0.717) is 25.6 Å². The van der Waals surface area contributed by atoms with Crippen molar-refractivity contribution < 1.29 is 23.5 Å². The van der Waals surface area contributed by atoms with Gasteiger partial charge in [0.1, 0.15) is 6.26 Å². The quantitative estimate of drug-likeness (QED) is 0.547. The highest BCUT2D eigenvalue weighted by Crippen LogP contribution is 2.09. The molecule has 0 amide bonds. The molecule has 0 saturated heterocycles. The van der Waals surface area contributed by atoms with Gasteiger partial charge >= 0.3 is 11.9 Å². The monoisotopic (exact) mass is 284 g/mol. The van der Waals surface area contributed by atoms with Crippen LogP contribution in [0.5, 0.6) is 0 Å². The lowest BCUT2D eigenvalue weighted by Gasteiger charge is -2.01. The number of carbonyl (C=O) groups excluding carboxylic acids is 2. The average molecular weight is 284 g/mol. The number of esters is 2. The summed E-state index contributed by atoms with van der Waals surface area (Å²) in [6, 6.07) is 0.293. The van der Waals surface area contributed by atoms with Crippen LogP contribution in [-0.2, 0) is 14.3 Å². The van der Waals surface area contributed by atoms with Gasteiger partial charge in [-0.2, -0.15) is 4.98 Å². The van der Waals surface area contributed by atoms with Crippen LogP contribution in [0.4, 0.5) is 6.01 Å². The summed E-state index contributed by atoms with van der Waals surface area (Å²) in [6.45, 7) is 2.68. The average Bonchev–Trinajstić information content (AvgIpc) is 2.91. The van der Waals surface area contributed by atoms with E-state index in [0.717, 1.165) is 19.3 Å². The Morgan fingerprint density at radius 2 is 2.15 bits per heavy atom. The number of nitrogens with one attached hydrogen (secondary N) is 1. The summed E-state index contributed by atoms with van der Waals surface area (Å²) < 4.78 is 14.4. The fraction of sp³-hybridized carbons (Fsp3) is 0.615. The first-order valence-corrected chi connectivity index (χ1v) is 6.60. The van der Waals surface area contributed by atoms with Gasteiger partial charge in [0.25, 0.3) is 6.01 Å². The van der Waals surface area contributed by atoms with Crippen LogP contribution >= 0.6 is 0 Å². The Balaban J connectivity index is 2.16. The van der Waals surface area contributed by atoms with Gasteiger partial charge in [-0.1, -0.05) is 6.42 Å². The SMILES string of the molecule is CCOC(=O)c1coc(NCCCCCC(=O)OC)n1. The van der Waals surface area contributed by atoms with Gasteiger partial charge in [-0.05, 0) is 19.8 Å². The van der Waals surface area contributed by atoms with Crippen molar-refractivity contribution in [3.63, 3.8) is 0 Å². The van der Waals surface area contributed by atoms with Crippen LogP contribution in [0.3, 0.4) is 0 Å². The molecule has 7 heteroatoms. The second-order valence-electron chi connectivity index (χ2n) is 4.07. The van der Waals surface area contributed by atoms with E-state index in [2.05, 4.69) is 15.0 Å². The molecule has 0 spiro atoms. The second-order valence-corrected chi connectivity index (χ2v) is 4.07. The zero-order valence-electron chi connectivity index (χ0n) is 11.8. The Hall–Kier alpha value is -2.05. The highest BCUT2D eigenvalue weighted by molar-refractivity contribution is 5.87. The van der Waals surface area contributed by atoms with Crippen molar-refractivity contribution in [1.29, 1.82) is 0 Å². The first-order chi connectivity index (χ1) is 9.67. The van der Waals surface area contributed by atoms with Crippen LogP contribution in [-0.4, -0.2) is 37.2 Å². The van der Waals surface area contributed by atoms with Gasteiger partial charge in [0, 0.05) is 13.0 Å². The molecule has 0 atom stereocenters. The maximum Gasteiger partial charge on any atom is 0.360 e. The third-order valence-corrected chi connectivity index (χ3v) is 2.55. The Kier molecular flexibility index (Phi) is 7.16. The van der Waals surface area contributed by atoms with Gasteiger partial charge in [0.15, 0.2) is 5.69 Å². The Labute approximate surface area is 117 Å². The Morgan fingerprint density at radius 1 is 1.35 bits per heavy atom. The molecule has 0 fully saturated rings. The number of rotatable bonds is 9. The Bertz CT molecular complexity index is 430. The lowest BCUT2D eigenvalue weighted by molar-refractivity contribution is -0.140. The zero-order valence-corrected chi connectivity index (χ0v) is 11.8. The molecule has 1 N–H and O–H groups in total. The van der Waals surface area contributed by atoms with Crippen LogP contribution in [0.2, 0.25) is 0 Å². The van der Waals surface area contributed by atoms with E-state index in [-0.39, 0.29) is 11.7 Å². The summed E-state index contributed by atoms with van der Waals surface area (Å²) in [5.41, 5.74) is 0.153. The molecule has 1 rings (SSSR count). The van der Waals surface area contributed by atoms with E-state index in [9.17, 15) is 9.59 Å².